The molecule has 0 saturated heterocycles. The summed E-state index contributed by atoms with van der Waals surface area (Å²) in [5.41, 5.74) is 3.74. The Morgan fingerprint density at radius 1 is 0.833 bits per heavy atom. The summed E-state index contributed by atoms with van der Waals surface area (Å²) in [6.45, 7) is 1.78. The normalized spacial score (nSPS) is 10.3. The number of rotatable bonds is 5. The first-order valence-electron chi connectivity index (χ1n) is 6.00. The van der Waals surface area contributed by atoms with E-state index in [9.17, 15) is 0 Å². The number of hydrogen-bond acceptors (Lipinski definition) is 2. The highest BCUT2D eigenvalue weighted by Gasteiger charge is 1.95. The largest absolute Gasteiger partial charge is 0.388 e. The molecule has 0 aromatic heterocycles. The molecule has 2 aromatic rings. The molecular weight excluding hydrogens is 288 g/mol. The molecular formula is C15H17BrN2. The Bertz CT molecular complexity index is 477. The van der Waals surface area contributed by atoms with Crippen LogP contribution in [0.15, 0.2) is 53.0 Å². The van der Waals surface area contributed by atoms with Crippen molar-refractivity contribution in [2.75, 3.05) is 12.4 Å². The highest BCUT2D eigenvalue weighted by Crippen LogP contribution is 2.11. The summed E-state index contributed by atoms with van der Waals surface area (Å²) in [5.74, 6) is 0. The maximum Gasteiger partial charge on any atom is 0.0337 e. The first kappa shape index (κ1) is 13.1. The third kappa shape index (κ3) is 3.86. The van der Waals surface area contributed by atoms with E-state index in [0.29, 0.717) is 0 Å². The lowest BCUT2D eigenvalue weighted by Crippen LogP contribution is -2.12. The van der Waals surface area contributed by atoms with Gasteiger partial charge in [-0.05, 0) is 35.4 Å². The Balaban J connectivity index is 1.82. The van der Waals surface area contributed by atoms with Crippen molar-refractivity contribution in [3.05, 3.63) is 64.1 Å². The highest BCUT2D eigenvalue weighted by molar-refractivity contribution is 9.10. The predicted molar refractivity (Wildman–Crippen MR) is 80.7 cm³/mol. The van der Waals surface area contributed by atoms with Gasteiger partial charge >= 0.3 is 0 Å². The minimum absolute atomic E-state index is 0.889. The average Bonchev–Trinajstić information content (AvgIpc) is 2.42. The van der Waals surface area contributed by atoms with Crippen LogP contribution in [0.1, 0.15) is 11.1 Å². The molecule has 18 heavy (non-hydrogen) atoms. The number of anilines is 1. The molecule has 0 unspecified atom stereocenters. The Hall–Kier alpha value is -1.32. The molecule has 0 aliphatic heterocycles. The standard InChI is InChI=1S/C15H17BrN2/c1-17-15-8-4-13(5-9-15)11-18-10-12-2-6-14(16)7-3-12/h2-9,17-18H,10-11H2,1H3. The zero-order valence-corrected chi connectivity index (χ0v) is 12.0. The lowest BCUT2D eigenvalue weighted by Gasteiger charge is -2.06. The van der Waals surface area contributed by atoms with E-state index in [1.54, 1.807) is 0 Å². The fraction of sp³-hybridized carbons (Fsp3) is 0.200. The molecule has 94 valence electrons. The van der Waals surface area contributed by atoms with Gasteiger partial charge in [-0.25, -0.2) is 0 Å². The van der Waals surface area contributed by atoms with Crippen molar-refractivity contribution in [3.63, 3.8) is 0 Å². The van der Waals surface area contributed by atoms with Crippen molar-refractivity contribution < 1.29 is 0 Å². The molecule has 2 nitrogen and oxygen atoms in total. The van der Waals surface area contributed by atoms with Gasteiger partial charge < -0.3 is 10.6 Å². The average molecular weight is 305 g/mol. The van der Waals surface area contributed by atoms with Gasteiger partial charge in [0.1, 0.15) is 0 Å². The smallest absolute Gasteiger partial charge is 0.0337 e. The van der Waals surface area contributed by atoms with Gasteiger partial charge in [0.2, 0.25) is 0 Å². The lowest BCUT2D eigenvalue weighted by molar-refractivity contribution is 0.693. The van der Waals surface area contributed by atoms with Crippen LogP contribution in [-0.4, -0.2) is 7.05 Å². The third-order valence-electron chi connectivity index (χ3n) is 2.81. The van der Waals surface area contributed by atoms with E-state index in [-0.39, 0.29) is 0 Å². The Labute approximate surface area is 117 Å². The number of nitrogens with one attached hydrogen (secondary N) is 2. The van der Waals surface area contributed by atoms with Crippen LogP contribution in [0.25, 0.3) is 0 Å². The summed E-state index contributed by atoms with van der Waals surface area (Å²) in [6.07, 6.45) is 0. The van der Waals surface area contributed by atoms with Crippen LogP contribution < -0.4 is 10.6 Å². The van der Waals surface area contributed by atoms with E-state index >= 15 is 0 Å². The van der Waals surface area contributed by atoms with E-state index in [1.807, 2.05) is 7.05 Å². The highest BCUT2D eigenvalue weighted by atomic mass is 79.9. The van der Waals surface area contributed by atoms with Gasteiger partial charge in [0.15, 0.2) is 0 Å². The number of hydrogen-bond donors (Lipinski definition) is 2. The van der Waals surface area contributed by atoms with E-state index in [2.05, 4.69) is 75.1 Å². The van der Waals surface area contributed by atoms with Gasteiger partial charge in [-0.3, -0.25) is 0 Å². The summed E-state index contributed by atoms with van der Waals surface area (Å²) >= 11 is 3.44. The van der Waals surface area contributed by atoms with Gasteiger partial charge in [-0.1, -0.05) is 40.2 Å². The van der Waals surface area contributed by atoms with Crippen LogP contribution in [0.5, 0.6) is 0 Å². The Kier molecular flexibility index (Phi) is 4.79. The van der Waals surface area contributed by atoms with Gasteiger partial charge in [0.05, 0.1) is 0 Å². The second kappa shape index (κ2) is 6.57. The van der Waals surface area contributed by atoms with Crippen molar-refractivity contribution >= 4 is 21.6 Å². The van der Waals surface area contributed by atoms with Crippen molar-refractivity contribution in [1.29, 1.82) is 0 Å². The van der Waals surface area contributed by atoms with Crippen LogP contribution in [0.4, 0.5) is 5.69 Å². The predicted octanol–water partition coefficient (Wildman–Crippen LogP) is 3.78. The molecule has 0 saturated carbocycles. The molecule has 2 rings (SSSR count). The molecule has 0 heterocycles. The van der Waals surface area contributed by atoms with Crippen molar-refractivity contribution in [1.82, 2.24) is 5.32 Å². The maximum atomic E-state index is 3.44. The summed E-state index contributed by atoms with van der Waals surface area (Å²) in [6, 6.07) is 16.9. The van der Waals surface area contributed by atoms with Gasteiger partial charge in [0, 0.05) is 30.3 Å². The zero-order chi connectivity index (χ0) is 12.8. The Morgan fingerprint density at radius 2 is 1.33 bits per heavy atom. The van der Waals surface area contributed by atoms with Crippen LogP contribution in [0.3, 0.4) is 0 Å². The molecule has 0 spiro atoms. The number of halogens is 1. The van der Waals surface area contributed by atoms with Crippen LogP contribution in [0.2, 0.25) is 0 Å². The molecule has 0 fully saturated rings. The Morgan fingerprint density at radius 3 is 1.83 bits per heavy atom. The first-order valence-corrected chi connectivity index (χ1v) is 6.79. The molecule has 0 radical (unpaired) electrons. The summed E-state index contributed by atoms with van der Waals surface area (Å²) in [7, 11) is 1.93. The van der Waals surface area contributed by atoms with Crippen molar-refractivity contribution in [2.45, 2.75) is 13.1 Å². The topological polar surface area (TPSA) is 24.1 Å². The second-order valence-corrected chi connectivity index (χ2v) is 5.09. The second-order valence-electron chi connectivity index (χ2n) is 4.18. The molecule has 0 aliphatic rings. The van der Waals surface area contributed by atoms with E-state index in [1.165, 1.54) is 11.1 Å². The molecule has 2 N–H and O–H groups in total. The monoisotopic (exact) mass is 304 g/mol. The third-order valence-corrected chi connectivity index (χ3v) is 3.34. The van der Waals surface area contributed by atoms with Crippen molar-refractivity contribution in [2.24, 2.45) is 0 Å². The van der Waals surface area contributed by atoms with Crippen LogP contribution in [0, 0.1) is 0 Å². The minimum atomic E-state index is 0.889. The van der Waals surface area contributed by atoms with Crippen molar-refractivity contribution in [3.8, 4) is 0 Å². The maximum absolute atomic E-state index is 3.44. The SMILES string of the molecule is CNc1ccc(CNCc2ccc(Br)cc2)cc1. The van der Waals surface area contributed by atoms with Gasteiger partial charge in [0.25, 0.3) is 0 Å². The fourth-order valence-corrected chi connectivity index (χ4v) is 2.01. The minimum Gasteiger partial charge on any atom is -0.388 e. The van der Waals surface area contributed by atoms with E-state index in [0.717, 1.165) is 23.2 Å². The molecule has 0 atom stereocenters. The molecule has 0 bridgehead atoms. The van der Waals surface area contributed by atoms with Gasteiger partial charge in [-0.2, -0.15) is 0 Å². The first-order chi connectivity index (χ1) is 8.78. The zero-order valence-electron chi connectivity index (χ0n) is 10.4. The molecule has 0 amide bonds. The fourth-order valence-electron chi connectivity index (χ4n) is 1.74. The summed E-state index contributed by atoms with van der Waals surface area (Å²) < 4.78 is 1.12. The quantitative estimate of drug-likeness (QED) is 0.878. The van der Waals surface area contributed by atoms with Crippen LogP contribution >= 0.6 is 15.9 Å². The summed E-state index contributed by atoms with van der Waals surface area (Å²) in [5, 5.41) is 6.56. The molecule has 3 heteroatoms. The van der Waals surface area contributed by atoms with Gasteiger partial charge in [-0.15, -0.1) is 0 Å². The lowest BCUT2D eigenvalue weighted by atomic mass is 10.2. The summed E-state index contributed by atoms with van der Waals surface area (Å²) in [4.78, 5) is 0. The van der Waals surface area contributed by atoms with Crippen LogP contribution in [-0.2, 0) is 13.1 Å². The molecule has 2 aromatic carbocycles. The van der Waals surface area contributed by atoms with E-state index < -0.39 is 0 Å². The number of benzene rings is 2. The molecule has 0 aliphatic carbocycles. The van der Waals surface area contributed by atoms with E-state index in [4.69, 9.17) is 0 Å².